The van der Waals surface area contributed by atoms with E-state index in [9.17, 15) is 0 Å². The first-order chi connectivity index (χ1) is 5.25. The molecule has 0 spiro atoms. The molecule has 0 aromatic carbocycles. The van der Waals surface area contributed by atoms with Gasteiger partial charge in [-0.2, -0.15) is 0 Å². The Labute approximate surface area is 86.7 Å². The lowest BCUT2D eigenvalue weighted by Gasteiger charge is -2.32. The van der Waals surface area contributed by atoms with Gasteiger partial charge in [0.05, 0.1) is 0 Å². The van der Waals surface area contributed by atoms with Gasteiger partial charge in [-0.15, -0.1) is 0 Å². The molecule has 3 heteroatoms. The van der Waals surface area contributed by atoms with Gasteiger partial charge in [-0.1, -0.05) is 43.6 Å². The molecule has 0 N–H and O–H groups in total. The van der Waals surface area contributed by atoms with Crippen molar-refractivity contribution in [3.8, 4) is 0 Å². The zero-order valence-corrected chi connectivity index (χ0v) is 11.8. The van der Waals surface area contributed by atoms with Crippen molar-refractivity contribution in [1.29, 1.82) is 0 Å². The van der Waals surface area contributed by atoms with Crippen LogP contribution in [0.1, 0.15) is 27.7 Å². The lowest BCUT2D eigenvalue weighted by atomic mass is 9.83. The van der Waals surface area contributed by atoms with Crippen molar-refractivity contribution in [3.05, 3.63) is 0 Å². The van der Waals surface area contributed by atoms with Gasteiger partial charge >= 0.3 is 0 Å². The summed E-state index contributed by atoms with van der Waals surface area (Å²) < 4.78 is 5.79. The highest BCUT2D eigenvalue weighted by atomic mass is 79.9. The van der Waals surface area contributed by atoms with Crippen molar-refractivity contribution in [3.63, 3.8) is 0 Å². The number of hydrogen-bond acceptors (Lipinski definition) is 1. The monoisotopic (exact) mass is 252 g/mol. The first kappa shape index (κ1) is 12.7. The van der Waals surface area contributed by atoms with Crippen molar-refractivity contribution in [2.24, 2.45) is 11.3 Å². The first-order valence-electron chi connectivity index (χ1n) is 4.54. The topological polar surface area (TPSA) is 9.23 Å². The fourth-order valence-electron chi connectivity index (χ4n) is 0.771. The van der Waals surface area contributed by atoms with Gasteiger partial charge in [0.2, 0.25) is 0 Å². The molecule has 2 atom stereocenters. The summed E-state index contributed by atoms with van der Waals surface area (Å²) in [7, 11) is -0.903. The second kappa shape index (κ2) is 4.77. The van der Waals surface area contributed by atoms with Crippen LogP contribution in [0, 0.1) is 11.3 Å². The van der Waals surface area contributed by atoms with Crippen LogP contribution in [0.15, 0.2) is 0 Å². The molecule has 0 aromatic heterocycles. The standard InChI is InChI=1S/C9H21BrOSi/c1-7(9(2,3)4)8(10)11-12(5)6/h7-8,12H,1-6H3. The third-order valence-corrected chi connectivity index (χ3v) is 4.41. The second-order valence-electron chi connectivity index (χ2n) is 4.69. The molecule has 12 heavy (non-hydrogen) atoms. The largest absolute Gasteiger partial charge is 0.408 e. The van der Waals surface area contributed by atoms with E-state index in [4.69, 9.17) is 4.43 Å². The molecule has 0 saturated carbocycles. The van der Waals surface area contributed by atoms with Gasteiger partial charge in [0, 0.05) is 0 Å². The molecule has 0 aromatic rings. The van der Waals surface area contributed by atoms with Crippen molar-refractivity contribution < 1.29 is 4.43 Å². The SMILES string of the molecule is CC(C(Br)O[SiH](C)C)C(C)(C)C. The minimum absolute atomic E-state index is 0.226. The molecular formula is C9H21BrOSi. The molecule has 2 unspecified atom stereocenters. The average Bonchev–Trinajstić information content (AvgIpc) is 1.82. The Bertz CT molecular complexity index is 131. The highest BCUT2D eigenvalue weighted by Gasteiger charge is 2.27. The summed E-state index contributed by atoms with van der Waals surface area (Å²) in [5.74, 6) is 0.549. The predicted octanol–water partition coefficient (Wildman–Crippen LogP) is 3.39. The van der Waals surface area contributed by atoms with Gasteiger partial charge < -0.3 is 4.43 Å². The van der Waals surface area contributed by atoms with E-state index >= 15 is 0 Å². The van der Waals surface area contributed by atoms with E-state index in [0.717, 1.165) is 0 Å². The maximum atomic E-state index is 5.79. The smallest absolute Gasteiger partial charge is 0.172 e. The summed E-state index contributed by atoms with van der Waals surface area (Å²) in [6, 6.07) is 0. The summed E-state index contributed by atoms with van der Waals surface area (Å²) in [5.41, 5.74) is 0.317. The Morgan fingerprint density at radius 1 is 1.25 bits per heavy atom. The summed E-state index contributed by atoms with van der Waals surface area (Å²) >= 11 is 3.59. The quantitative estimate of drug-likeness (QED) is 0.553. The van der Waals surface area contributed by atoms with E-state index in [2.05, 4.69) is 56.7 Å². The van der Waals surface area contributed by atoms with Crippen molar-refractivity contribution in [2.45, 2.75) is 45.8 Å². The van der Waals surface area contributed by atoms with Crippen LogP contribution in [0.2, 0.25) is 13.1 Å². The lowest BCUT2D eigenvalue weighted by molar-refractivity contribution is 0.142. The number of alkyl halides is 1. The summed E-state index contributed by atoms with van der Waals surface area (Å²) in [4.78, 5) is 0. The zero-order chi connectivity index (χ0) is 9.94. The van der Waals surface area contributed by atoms with Crippen LogP contribution in [-0.4, -0.2) is 14.1 Å². The van der Waals surface area contributed by atoms with E-state index in [-0.39, 0.29) is 5.01 Å². The Morgan fingerprint density at radius 2 is 1.67 bits per heavy atom. The highest BCUT2D eigenvalue weighted by molar-refractivity contribution is 9.09. The first-order valence-corrected chi connectivity index (χ1v) is 8.24. The van der Waals surface area contributed by atoms with Crippen LogP contribution in [0.3, 0.4) is 0 Å². The normalized spacial score (nSPS) is 18.0. The summed E-state index contributed by atoms with van der Waals surface area (Å²) in [6.45, 7) is 13.4. The predicted molar refractivity (Wildman–Crippen MR) is 61.3 cm³/mol. The third kappa shape index (κ3) is 4.63. The van der Waals surface area contributed by atoms with Gasteiger partial charge in [-0.25, -0.2) is 0 Å². The van der Waals surface area contributed by atoms with Crippen LogP contribution >= 0.6 is 15.9 Å². The van der Waals surface area contributed by atoms with Crippen LogP contribution in [0.4, 0.5) is 0 Å². The minimum Gasteiger partial charge on any atom is -0.408 e. The molecule has 0 amide bonds. The molecule has 0 fully saturated rings. The minimum atomic E-state index is -0.903. The Hall–Kier alpha value is 0.657. The average molecular weight is 253 g/mol. The van der Waals surface area contributed by atoms with E-state index in [1.165, 1.54) is 0 Å². The third-order valence-electron chi connectivity index (χ3n) is 2.16. The molecule has 0 heterocycles. The van der Waals surface area contributed by atoms with Gasteiger partial charge in [0.25, 0.3) is 0 Å². The van der Waals surface area contributed by atoms with Crippen molar-refractivity contribution >= 4 is 25.0 Å². The molecular weight excluding hydrogens is 232 g/mol. The van der Waals surface area contributed by atoms with Crippen LogP contribution in [0.5, 0.6) is 0 Å². The van der Waals surface area contributed by atoms with E-state index in [1.807, 2.05) is 0 Å². The molecule has 1 nitrogen and oxygen atoms in total. The second-order valence-corrected chi connectivity index (χ2v) is 7.96. The fraction of sp³-hybridized carbons (Fsp3) is 1.00. The number of halogens is 1. The lowest BCUT2D eigenvalue weighted by Crippen LogP contribution is -2.30. The fourth-order valence-corrected chi connectivity index (χ4v) is 3.61. The number of hydrogen-bond donors (Lipinski definition) is 0. The summed E-state index contributed by atoms with van der Waals surface area (Å²) in [5, 5.41) is 0.226. The molecule has 0 aliphatic rings. The van der Waals surface area contributed by atoms with Gasteiger partial charge in [0.15, 0.2) is 9.04 Å². The van der Waals surface area contributed by atoms with Gasteiger partial charge in [-0.05, 0) is 24.4 Å². The van der Waals surface area contributed by atoms with Crippen molar-refractivity contribution in [1.82, 2.24) is 0 Å². The molecule has 0 saturated heterocycles. The maximum absolute atomic E-state index is 5.79. The molecule has 74 valence electrons. The molecule has 0 radical (unpaired) electrons. The Morgan fingerprint density at radius 3 is 1.92 bits per heavy atom. The van der Waals surface area contributed by atoms with E-state index < -0.39 is 9.04 Å². The van der Waals surface area contributed by atoms with Crippen LogP contribution in [0.25, 0.3) is 0 Å². The van der Waals surface area contributed by atoms with Gasteiger partial charge in [-0.3, -0.25) is 0 Å². The molecule has 0 aliphatic carbocycles. The highest BCUT2D eigenvalue weighted by Crippen LogP contribution is 2.32. The van der Waals surface area contributed by atoms with E-state index in [1.54, 1.807) is 0 Å². The summed E-state index contributed by atoms with van der Waals surface area (Å²) in [6.07, 6.45) is 0. The molecule has 0 bridgehead atoms. The van der Waals surface area contributed by atoms with Crippen molar-refractivity contribution in [2.75, 3.05) is 0 Å². The van der Waals surface area contributed by atoms with E-state index in [0.29, 0.717) is 11.3 Å². The van der Waals surface area contributed by atoms with Crippen LogP contribution < -0.4 is 0 Å². The zero-order valence-electron chi connectivity index (χ0n) is 9.02. The molecule has 0 rings (SSSR count). The Kier molecular flexibility index (Phi) is 5.03. The Balaban J connectivity index is 4.01. The van der Waals surface area contributed by atoms with Gasteiger partial charge in [0.1, 0.15) is 5.01 Å². The van der Waals surface area contributed by atoms with Crippen LogP contribution in [-0.2, 0) is 4.43 Å². The number of rotatable bonds is 3. The molecule has 0 aliphatic heterocycles. The maximum Gasteiger partial charge on any atom is 0.172 e.